The summed E-state index contributed by atoms with van der Waals surface area (Å²) in [6.07, 6.45) is 0.705. The molecule has 0 saturated heterocycles. The quantitative estimate of drug-likeness (QED) is 0.661. The molecule has 0 fully saturated rings. The second kappa shape index (κ2) is 9.30. The van der Waals surface area contributed by atoms with Crippen molar-refractivity contribution in [1.82, 2.24) is 10.0 Å². The van der Waals surface area contributed by atoms with Crippen LogP contribution < -0.4 is 10.0 Å². The fourth-order valence-electron chi connectivity index (χ4n) is 2.57. The number of carbonyl (C=O) groups excluding carboxylic acids is 1. The molecule has 0 aliphatic rings. The minimum Gasteiger partial charge on any atom is -0.348 e. The van der Waals surface area contributed by atoms with Gasteiger partial charge in [-0.1, -0.05) is 65.3 Å². The molecule has 5 nitrogen and oxygen atoms in total. The van der Waals surface area contributed by atoms with Crippen molar-refractivity contribution in [2.45, 2.75) is 38.1 Å². The fraction of sp³-hybridized carbons (Fsp3) is 0.316. The Morgan fingerprint density at radius 1 is 1.08 bits per heavy atom. The van der Waals surface area contributed by atoms with Crippen LogP contribution in [0.1, 0.15) is 37.4 Å². The number of sulfonamides is 1. The van der Waals surface area contributed by atoms with Gasteiger partial charge in [-0.3, -0.25) is 4.79 Å². The maximum Gasteiger partial charge on any atom is 0.238 e. The van der Waals surface area contributed by atoms with Gasteiger partial charge in [0.05, 0.1) is 17.8 Å². The molecule has 2 atom stereocenters. The highest BCUT2D eigenvalue weighted by Crippen LogP contribution is 2.19. The summed E-state index contributed by atoms with van der Waals surface area (Å²) in [4.78, 5) is 12.4. The third-order valence-corrected chi connectivity index (χ3v) is 5.90. The smallest absolute Gasteiger partial charge is 0.238 e. The molecule has 1 amide bonds. The van der Waals surface area contributed by atoms with E-state index in [0.717, 1.165) is 10.0 Å². The van der Waals surface area contributed by atoms with Crippen molar-refractivity contribution in [2.24, 2.45) is 0 Å². The van der Waals surface area contributed by atoms with E-state index < -0.39 is 16.1 Å². The second-order valence-electron chi connectivity index (χ2n) is 6.11. The molecule has 0 unspecified atom stereocenters. The Balaban J connectivity index is 1.98. The van der Waals surface area contributed by atoms with Crippen LogP contribution in [0.2, 0.25) is 0 Å². The van der Waals surface area contributed by atoms with Crippen molar-refractivity contribution in [3.05, 3.63) is 70.2 Å². The average Bonchev–Trinajstić information content (AvgIpc) is 2.60. The van der Waals surface area contributed by atoms with Gasteiger partial charge in [-0.05, 0) is 36.6 Å². The molecule has 2 rings (SSSR count). The Morgan fingerprint density at radius 3 is 2.27 bits per heavy atom. The Kier molecular flexibility index (Phi) is 7.37. The molecule has 0 bridgehead atoms. The number of nitrogens with one attached hydrogen (secondary N) is 2. The highest BCUT2D eigenvalue weighted by molar-refractivity contribution is 9.10. The topological polar surface area (TPSA) is 75.3 Å². The van der Waals surface area contributed by atoms with Crippen LogP contribution in [0.4, 0.5) is 0 Å². The van der Waals surface area contributed by atoms with Crippen molar-refractivity contribution in [1.29, 1.82) is 0 Å². The van der Waals surface area contributed by atoms with E-state index in [2.05, 4.69) is 26.0 Å². The van der Waals surface area contributed by atoms with Crippen LogP contribution in [0.25, 0.3) is 0 Å². The third-order valence-electron chi connectivity index (χ3n) is 3.95. The van der Waals surface area contributed by atoms with Crippen LogP contribution in [0.15, 0.2) is 59.1 Å². The first-order valence-electron chi connectivity index (χ1n) is 8.40. The number of halogens is 1. The van der Waals surface area contributed by atoms with E-state index >= 15 is 0 Å². The second-order valence-corrected chi connectivity index (χ2v) is 8.77. The molecular formula is C19H23BrN2O3S. The lowest BCUT2D eigenvalue weighted by molar-refractivity contribution is -0.123. The first-order valence-corrected chi connectivity index (χ1v) is 10.8. The summed E-state index contributed by atoms with van der Waals surface area (Å²) in [6.45, 7) is 3.52. The van der Waals surface area contributed by atoms with Gasteiger partial charge >= 0.3 is 0 Å². The van der Waals surface area contributed by atoms with Gasteiger partial charge in [-0.25, -0.2) is 13.1 Å². The van der Waals surface area contributed by atoms with Crippen LogP contribution in [-0.2, 0) is 20.6 Å². The molecule has 0 aliphatic heterocycles. The molecule has 0 spiro atoms. The fourth-order valence-corrected chi connectivity index (χ4v) is 4.20. The van der Waals surface area contributed by atoms with Gasteiger partial charge in [-0.2, -0.15) is 0 Å². The summed E-state index contributed by atoms with van der Waals surface area (Å²) in [6, 6.07) is 15.5. The highest BCUT2D eigenvalue weighted by Gasteiger charge is 2.22. The van der Waals surface area contributed by atoms with Gasteiger partial charge in [0.25, 0.3) is 0 Å². The van der Waals surface area contributed by atoms with Gasteiger partial charge < -0.3 is 5.32 Å². The Labute approximate surface area is 163 Å². The van der Waals surface area contributed by atoms with E-state index in [4.69, 9.17) is 0 Å². The first-order chi connectivity index (χ1) is 12.3. The van der Waals surface area contributed by atoms with Crippen LogP contribution in [0.5, 0.6) is 0 Å². The Bertz CT molecular complexity index is 824. The SMILES string of the molecule is CC[C@@H](NC(=O)[C@@H](C)NS(=O)(=O)Cc1ccccc1)c1ccc(Br)cc1. The molecule has 2 aromatic carbocycles. The summed E-state index contributed by atoms with van der Waals surface area (Å²) in [5.41, 5.74) is 1.65. The van der Waals surface area contributed by atoms with E-state index in [0.29, 0.717) is 12.0 Å². The number of hydrogen-bond donors (Lipinski definition) is 2. The van der Waals surface area contributed by atoms with Crippen LogP contribution in [0.3, 0.4) is 0 Å². The van der Waals surface area contributed by atoms with Gasteiger partial charge in [0, 0.05) is 4.47 Å². The number of amides is 1. The summed E-state index contributed by atoms with van der Waals surface area (Å²) >= 11 is 3.39. The van der Waals surface area contributed by atoms with Gasteiger partial charge in [0.1, 0.15) is 0 Å². The van der Waals surface area contributed by atoms with Gasteiger partial charge in [0.15, 0.2) is 0 Å². The molecule has 0 heterocycles. The minimum absolute atomic E-state index is 0.157. The molecule has 0 aliphatic carbocycles. The number of benzene rings is 2. The number of carbonyl (C=O) groups is 1. The summed E-state index contributed by atoms with van der Waals surface area (Å²) in [7, 11) is -3.61. The van der Waals surface area contributed by atoms with E-state index in [1.807, 2.05) is 37.3 Å². The summed E-state index contributed by atoms with van der Waals surface area (Å²) in [5, 5.41) is 2.91. The number of hydrogen-bond acceptors (Lipinski definition) is 3. The van der Waals surface area contributed by atoms with Crippen molar-refractivity contribution < 1.29 is 13.2 Å². The summed E-state index contributed by atoms with van der Waals surface area (Å²) in [5.74, 6) is -0.508. The van der Waals surface area contributed by atoms with Crippen LogP contribution in [0, 0.1) is 0 Å². The molecule has 26 heavy (non-hydrogen) atoms. The standard InChI is InChI=1S/C19H23BrN2O3S/c1-3-18(16-9-11-17(20)12-10-16)21-19(23)14(2)22-26(24,25)13-15-7-5-4-6-8-15/h4-12,14,18,22H,3,13H2,1-2H3,(H,21,23)/t14-,18-/m1/s1. The number of rotatable bonds is 8. The molecule has 0 aromatic heterocycles. The third kappa shape index (κ3) is 6.23. The molecule has 0 saturated carbocycles. The zero-order valence-corrected chi connectivity index (χ0v) is 17.2. The predicted octanol–water partition coefficient (Wildman–Crippen LogP) is 3.52. The first kappa shape index (κ1) is 20.6. The molecule has 0 radical (unpaired) electrons. The molecule has 7 heteroatoms. The lowest BCUT2D eigenvalue weighted by Gasteiger charge is -2.21. The Morgan fingerprint density at radius 2 is 1.69 bits per heavy atom. The molecule has 140 valence electrons. The van der Waals surface area contributed by atoms with E-state index in [1.165, 1.54) is 0 Å². The molecule has 2 N–H and O–H groups in total. The van der Waals surface area contributed by atoms with Crippen molar-refractivity contribution >= 4 is 31.9 Å². The van der Waals surface area contributed by atoms with Crippen molar-refractivity contribution in [2.75, 3.05) is 0 Å². The van der Waals surface area contributed by atoms with Crippen LogP contribution >= 0.6 is 15.9 Å². The zero-order chi connectivity index (χ0) is 19.2. The van der Waals surface area contributed by atoms with Crippen LogP contribution in [-0.4, -0.2) is 20.4 Å². The van der Waals surface area contributed by atoms with Crippen molar-refractivity contribution in [3.63, 3.8) is 0 Å². The van der Waals surface area contributed by atoms with E-state index in [-0.39, 0.29) is 17.7 Å². The lowest BCUT2D eigenvalue weighted by atomic mass is 10.0. The summed E-state index contributed by atoms with van der Waals surface area (Å²) < 4.78 is 28.0. The average molecular weight is 439 g/mol. The zero-order valence-electron chi connectivity index (χ0n) is 14.8. The monoisotopic (exact) mass is 438 g/mol. The van der Waals surface area contributed by atoms with Gasteiger partial charge in [0.2, 0.25) is 15.9 Å². The molecule has 2 aromatic rings. The Hall–Kier alpha value is -1.70. The predicted molar refractivity (Wildman–Crippen MR) is 107 cm³/mol. The van der Waals surface area contributed by atoms with E-state index in [1.54, 1.807) is 31.2 Å². The maximum atomic E-state index is 12.4. The largest absolute Gasteiger partial charge is 0.348 e. The minimum atomic E-state index is -3.61. The van der Waals surface area contributed by atoms with Crippen molar-refractivity contribution in [3.8, 4) is 0 Å². The normalized spacial score (nSPS) is 13.8. The highest BCUT2D eigenvalue weighted by atomic mass is 79.9. The van der Waals surface area contributed by atoms with Gasteiger partial charge in [-0.15, -0.1) is 0 Å². The molecular weight excluding hydrogens is 416 g/mol. The maximum absolute atomic E-state index is 12.4. The lowest BCUT2D eigenvalue weighted by Crippen LogP contribution is -2.46. The van der Waals surface area contributed by atoms with E-state index in [9.17, 15) is 13.2 Å².